The standard InChI is InChI=1S/C14H11F2NO2/c1-19-10-4-2-8(3-5-10)11-6-9(14(17)18)7-12(15)13(11)16/h2-7H,1H3,(H2,17,18). The lowest BCUT2D eigenvalue weighted by atomic mass is 10.0. The number of hydrogen-bond donors (Lipinski definition) is 1. The first-order valence-electron chi connectivity index (χ1n) is 5.46. The minimum Gasteiger partial charge on any atom is -0.497 e. The highest BCUT2D eigenvalue weighted by atomic mass is 19.2. The second kappa shape index (κ2) is 5.06. The van der Waals surface area contributed by atoms with E-state index in [1.54, 1.807) is 24.3 Å². The van der Waals surface area contributed by atoms with Crippen LogP contribution in [0, 0.1) is 11.6 Å². The van der Waals surface area contributed by atoms with E-state index in [9.17, 15) is 13.6 Å². The molecular weight excluding hydrogens is 252 g/mol. The van der Waals surface area contributed by atoms with Crippen LogP contribution >= 0.6 is 0 Å². The van der Waals surface area contributed by atoms with Gasteiger partial charge in [0, 0.05) is 11.1 Å². The summed E-state index contributed by atoms with van der Waals surface area (Å²) >= 11 is 0. The maximum atomic E-state index is 13.8. The molecule has 3 nitrogen and oxygen atoms in total. The average Bonchev–Trinajstić information content (AvgIpc) is 2.41. The lowest BCUT2D eigenvalue weighted by Gasteiger charge is -2.07. The smallest absolute Gasteiger partial charge is 0.248 e. The fourth-order valence-corrected chi connectivity index (χ4v) is 1.71. The summed E-state index contributed by atoms with van der Waals surface area (Å²) in [5, 5.41) is 0. The quantitative estimate of drug-likeness (QED) is 0.925. The zero-order valence-electron chi connectivity index (χ0n) is 10.1. The largest absolute Gasteiger partial charge is 0.497 e. The molecule has 0 saturated carbocycles. The highest BCUT2D eigenvalue weighted by Gasteiger charge is 2.14. The Morgan fingerprint density at radius 2 is 1.79 bits per heavy atom. The van der Waals surface area contributed by atoms with E-state index in [0.29, 0.717) is 11.3 Å². The van der Waals surface area contributed by atoms with Crippen molar-refractivity contribution < 1.29 is 18.3 Å². The summed E-state index contributed by atoms with van der Waals surface area (Å²) in [6.07, 6.45) is 0. The van der Waals surface area contributed by atoms with Crippen molar-refractivity contribution in [3.63, 3.8) is 0 Å². The molecule has 5 heteroatoms. The van der Waals surface area contributed by atoms with E-state index in [-0.39, 0.29) is 11.1 Å². The Hall–Kier alpha value is -2.43. The number of primary amides is 1. The van der Waals surface area contributed by atoms with E-state index >= 15 is 0 Å². The Morgan fingerprint density at radius 1 is 1.16 bits per heavy atom. The number of halogens is 2. The van der Waals surface area contributed by atoms with E-state index < -0.39 is 17.5 Å². The molecule has 19 heavy (non-hydrogen) atoms. The number of rotatable bonds is 3. The first-order chi connectivity index (χ1) is 9.02. The zero-order valence-corrected chi connectivity index (χ0v) is 10.1. The summed E-state index contributed by atoms with van der Waals surface area (Å²) in [6.45, 7) is 0. The van der Waals surface area contributed by atoms with Crippen LogP contribution in [0.3, 0.4) is 0 Å². The summed E-state index contributed by atoms with van der Waals surface area (Å²) in [7, 11) is 1.50. The van der Waals surface area contributed by atoms with Crippen LogP contribution in [-0.4, -0.2) is 13.0 Å². The van der Waals surface area contributed by atoms with Gasteiger partial charge < -0.3 is 10.5 Å². The van der Waals surface area contributed by atoms with Crippen molar-refractivity contribution in [2.24, 2.45) is 5.73 Å². The average molecular weight is 263 g/mol. The summed E-state index contributed by atoms with van der Waals surface area (Å²) in [5.41, 5.74) is 5.41. The molecule has 0 spiro atoms. The van der Waals surface area contributed by atoms with Gasteiger partial charge in [-0.3, -0.25) is 4.79 Å². The molecule has 98 valence electrons. The van der Waals surface area contributed by atoms with Crippen LogP contribution < -0.4 is 10.5 Å². The van der Waals surface area contributed by atoms with Gasteiger partial charge >= 0.3 is 0 Å². The van der Waals surface area contributed by atoms with E-state index in [1.807, 2.05) is 0 Å². The number of amides is 1. The Balaban J connectivity index is 2.56. The van der Waals surface area contributed by atoms with Gasteiger partial charge in [-0.15, -0.1) is 0 Å². The summed E-state index contributed by atoms with van der Waals surface area (Å²) < 4.78 is 32.2. The molecule has 0 radical (unpaired) electrons. The molecule has 0 fully saturated rings. The van der Waals surface area contributed by atoms with Gasteiger partial charge in [-0.1, -0.05) is 12.1 Å². The molecule has 0 unspecified atom stereocenters. The predicted molar refractivity (Wildman–Crippen MR) is 66.9 cm³/mol. The maximum absolute atomic E-state index is 13.8. The molecular formula is C14H11F2NO2. The van der Waals surface area contributed by atoms with Crippen molar-refractivity contribution in [3.05, 3.63) is 53.6 Å². The van der Waals surface area contributed by atoms with Gasteiger partial charge in [0.15, 0.2) is 11.6 Å². The van der Waals surface area contributed by atoms with Crippen molar-refractivity contribution in [3.8, 4) is 16.9 Å². The lowest BCUT2D eigenvalue weighted by Crippen LogP contribution is -2.12. The van der Waals surface area contributed by atoms with Gasteiger partial charge in [0.05, 0.1) is 7.11 Å². The summed E-state index contributed by atoms with van der Waals surface area (Å²) in [4.78, 5) is 11.1. The van der Waals surface area contributed by atoms with Crippen LogP contribution in [0.15, 0.2) is 36.4 Å². The van der Waals surface area contributed by atoms with Crippen LogP contribution in [-0.2, 0) is 0 Å². The zero-order chi connectivity index (χ0) is 14.0. The van der Waals surface area contributed by atoms with Gasteiger partial charge in [-0.05, 0) is 29.8 Å². The van der Waals surface area contributed by atoms with E-state index in [4.69, 9.17) is 10.5 Å². The topological polar surface area (TPSA) is 52.3 Å². The van der Waals surface area contributed by atoms with Gasteiger partial charge in [0.1, 0.15) is 5.75 Å². The van der Waals surface area contributed by atoms with E-state index in [2.05, 4.69) is 0 Å². The maximum Gasteiger partial charge on any atom is 0.248 e. The van der Waals surface area contributed by atoms with Gasteiger partial charge in [-0.25, -0.2) is 8.78 Å². The molecule has 0 atom stereocenters. The van der Waals surface area contributed by atoms with Crippen LogP contribution in [0.4, 0.5) is 8.78 Å². The fourth-order valence-electron chi connectivity index (χ4n) is 1.71. The molecule has 0 aliphatic carbocycles. The SMILES string of the molecule is COc1ccc(-c2cc(C(N)=O)cc(F)c2F)cc1. The van der Waals surface area contributed by atoms with Crippen LogP contribution in [0.1, 0.15) is 10.4 Å². The molecule has 2 rings (SSSR count). The van der Waals surface area contributed by atoms with Crippen molar-refractivity contribution in [1.82, 2.24) is 0 Å². The molecule has 2 aromatic rings. The lowest BCUT2D eigenvalue weighted by molar-refractivity contribution is 0.1000. The number of methoxy groups -OCH3 is 1. The number of carbonyl (C=O) groups is 1. The minimum absolute atomic E-state index is 0.0172. The summed E-state index contributed by atoms with van der Waals surface area (Å²) in [6, 6.07) is 8.38. The van der Waals surface area contributed by atoms with Crippen molar-refractivity contribution in [1.29, 1.82) is 0 Å². The Bertz CT molecular complexity index is 624. The van der Waals surface area contributed by atoms with E-state index in [0.717, 1.165) is 6.07 Å². The molecule has 2 aromatic carbocycles. The molecule has 0 bridgehead atoms. The Morgan fingerprint density at radius 3 is 2.32 bits per heavy atom. The first-order valence-corrected chi connectivity index (χ1v) is 5.46. The highest BCUT2D eigenvalue weighted by molar-refractivity contribution is 5.94. The van der Waals surface area contributed by atoms with Crippen LogP contribution in [0.2, 0.25) is 0 Å². The normalized spacial score (nSPS) is 10.3. The molecule has 0 aliphatic heterocycles. The third-order valence-corrected chi connectivity index (χ3v) is 2.71. The highest BCUT2D eigenvalue weighted by Crippen LogP contribution is 2.27. The van der Waals surface area contributed by atoms with Gasteiger partial charge in [-0.2, -0.15) is 0 Å². The number of nitrogens with two attached hydrogens (primary N) is 1. The van der Waals surface area contributed by atoms with Crippen LogP contribution in [0.5, 0.6) is 5.75 Å². The van der Waals surface area contributed by atoms with Gasteiger partial charge in [0.25, 0.3) is 0 Å². The van der Waals surface area contributed by atoms with Gasteiger partial charge in [0.2, 0.25) is 5.91 Å². The predicted octanol–water partition coefficient (Wildman–Crippen LogP) is 2.74. The molecule has 0 saturated heterocycles. The number of ether oxygens (including phenoxy) is 1. The summed E-state index contributed by atoms with van der Waals surface area (Å²) in [5.74, 6) is -2.35. The number of carbonyl (C=O) groups excluding carboxylic acids is 1. The molecule has 1 amide bonds. The molecule has 0 aromatic heterocycles. The fraction of sp³-hybridized carbons (Fsp3) is 0.0714. The monoisotopic (exact) mass is 263 g/mol. The third-order valence-electron chi connectivity index (χ3n) is 2.71. The second-order valence-corrected chi connectivity index (χ2v) is 3.91. The molecule has 0 heterocycles. The third kappa shape index (κ3) is 2.54. The minimum atomic E-state index is -1.11. The Kier molecular flexibility index (Phi) is 3.46. The Labute approximate surface area is 108 Å². The molecule has 0 aliphatic rings. The van der Waals surface area contributed by atoms with Crippen molar-refractivity contribution >= 4 is 5.91 Å². The van der Waals surface area contributed by atoms with E-state index in [1.165, 1.54) is 13.2 Å². The van der Waals surface area contributed by atoms with Crippen LogP contribution in [0.25, 0.3) is 11.1 Å². The number of hydrogen-bond acceptors (Lipinski definition) is 2. The molecule has 2 N–H and O–H groups in total. The number of benzene rings is 2. The second-order valence-electron chi connectivity index (χ2n) is 3.91. The van der Waals surface area contributed by atoms with Crippen molar-refractivity contribution in [2.75, 3.05) is 7.11 Å². The first kappa shape index (κ1) is 13.0. The van der Waals surface area contributed by atoms with Crippen molar-refractivity contribution in [2.45, 2.75) is 0 Å².